The Hall–Kier alpha value is -1.76. The number of hydrogen-bond donors (Lipinski definition) is 2. The van der Waals surface area contributed by atoms with Crippen molar-refractivity contribution in [3.05, 3.63) is 23.8 Å². The van der Waals surface area contributed by atoms with Crippen LogP contribution < -0.4 is 15.5 Å². The first-order valence-electron chi connectivity index (χ1n) is 7.83. The van der Waals surface area contributed by atoms with E-state index in [0.29, 0.717) is 6.54 Å². The Kier molecular flexibility index (Phi) is 4.00. The lowest BCUT2D eigenvalue weighted by Crippen LogP contribution is -2.36. The summed E-state index contributed by atoms with van der Waals surface area (Å²) in [6, 6.07) is 5.64. The van der Waals surface area contributed by atoms with Gasteiger partial charge in [-0.1, -0.05) is 6.07 Å². The monoisotopic (exact) mass is 337 g/mol. The maximum atomic E-state index is 12.0. The Labute approximate surface area is 137 Å². The van der Waals surface area contributed by atoms with Crippen molar-refractivity contribution in [1.82, 2.24) is 5.32 Å². The Bertz CT molecular complexity index is 726. The first-order chi connectivity index (χ1) is 10.8. The van der Waals surface area contributed by atoms with Gasteiger partial charge in [-0.25, -0.2) is 13.2 Å². The molecule has 0 radical (unpaired) electrons. The number of carbonyl (C=O) groups is 1. The third-order valence-corrected chi connectivity index (χ3v) is 5.76. The Morgan fingerprint density at radius 2 is 2.09 bits per heavy atom. The average Bonchev–Trinajstić information content (AvgIpc) is 3.11. The number of amides is 2. The van der Waals surface area contributed by atoms with Gasteiger partial charge in [-0.3, -0.25) is 0 Å². The van der Waals surface area contributed by atoms with E-state index in [1.54, 1.807) is 0 Å². The second-order valence-corrected chi connectivity index (χ2v) is 9.03. The lowest BCUT2D eigenvalue weighted by atomic mass is 10.1. The van der Waals surface area contributed by atoms with E-state index in [0.717, 1.165) is 37.2 Å². The molecule has 7 heteroatoms. The lowest BCUT2D eigenvalue weighted by molar-refractivity contribution is 0.250. The molecule has 0 unspecified atom stereocenters. The van der Waals surface area contributed by atoms with E-state index in [-0.39, 0.29) is 17.2 Å². The molecule has 0 saturated heterocycles. The summed E-state index contributed by atoms with van der Waals surface area (Å²) in [5, 5.41) is 5.64. The number of fused-ring (bicyclic) bond motifs is 1. The maximum absolute atomic E-state index is 12.0. The molecule has 0 bridgehead atoms. The average molecular weight is 337 g/mol. The smallest absolute Gasteiger partial charge is 0.319 e. The van der Waals surface area contributed by atoms with Crippen LogP contribution in [0, 0.1) is 5.41 Å². The molecule has 1 aliphatic heterocycles. The van der Waals surface area contributed by atoms with Crippen molar-refractivity contribution in [2.75, 3.05) is 42.4 Å². The molecule has 0 aromatic heterocycles. The highest BCUT2D eigenvalue weighted by Gasteiger charge is 2.45. The number of nitrogens with zero attached hydrogens (tertiary/aromatic N) is 1. The Morgan fingerprint density at radius 3 is 2.74 bits per heavy atom. The van der Waals surface area contributed by atoms with Gasteiger partial charge in [-0.2, -0.15) is 0 Å². The van der Waals surface area contributed by atoms with Crippen LogP contribution in [0.1, 0.15) is 18.4 Å². The van der Waals surface area contributed by atoms with Crippen molar-refractivity contribution in [2.24, 2.45) is 5.41 Å². The van der Waals surface area contributed by atoms with E-state index < -0.39 is 9.84 Å². The van der Waals surface area contributed by atoms with Gasteiger partial charge in [0, 0.05) is 43.2 Å². The summed E-state index contributed by atoms with van der Waals surface area (Å²) in [4.78, 5) is 14.2. The van der Waals surface area contributed by atoms with Gasteiger partial charge in [0.05, 0.1) is 5.75 Å². The molecule has 2 aliphatic rings. The minimum absolute atomic E-state index is 0.143. The summed E-state index contributed by atoms with van der Waals surface area (Å²) in [5.41, 5.74) is 2.94. The molecule has 1 aliphatic carbocycles. The Balaban J connectivity index is 1.55. The van der Waals surface area contributed by atoms with Crippen molar-refractivity contribution in [3.8, 4) is 0 Å². The number of nitrogens with one attached hydrogen (secondary N) is 2. The second kappa shape index (κ2) is 5.70. The van der Waals surface area contributed by atoms with Gasteiger partial charge in [0.2, 0.25) is 0 Å². The molecule has 2 amide bonds. The molecule has 2 N–H and O–H groups in total. The van der Waals surface area contributed by atoms with Gasteiger partial charge in [-0.05, 0) is 37.0 Å². The topological polar surface area (TPSA) is 78.5 Å². The van der Waals surface area contributed by atoms with Crippen LogP contribution in [0.3, 0.4) is 0 Å². The SMILES string of the molecule is CN1CCc2ccc(NC(=O)NCC3(CS(C)(=O)=O)CC3)cc21. The number of anilines is 2. The molecule has 0 spiro atoms. The largest absolute Gasteiger partial charge is 0.374 e. The fraction of sp³-hybridized carbons (Fsp3) is 0.562. The summed E-state index contributed by atoms with van der Waals surface area (Å²) in [6.45, 7) is 1.40. The van der Waals surface area contributed by atoms with Gasteiger partial charge in [0.25, 0.3) is 0 Å². The molecule has 126 valence electrons. The molecule has 23 heavy (non-hydrogen) atoms. The molecular weight excluding hydrogens is 314 g/mol. The number of rotatable bonds is 5. The third-order valence-electron chi connectivity index (χ3n) is 4.62. The normalized spacial score (nSPS) is 18.4. The van der Waals surface area contributed by atoms with Gasteiger partial charge in [0.1, 0.15) is 9.84 Å². The highest BCUT2D eigenvalue weighted by atomic mass is 32.2. The van der Waals surface area contributed by atoms with Crippen molar-refractivity contribution < 1.29 is 13.2 Å². The van der Waals surface area contributed by atoms with E-state index in [1.807, 2.05) is 25.2 Å². The van der Waals surface area contributed by atoms with Crippen molar-refractivity contribution in [3.63, 3.8) is 0 Å². The van der Waals surface area contributed by atoms with Crippen molar-refractivity contribution >= 4 is 27.2 Å². The zero-order chi connectivity index (χ0) is 16.7. The molecule has 1 aromatic rings. The molecule has 1 fully saturated rings. The highest BCUT2D eigenvalue weighted by molar-refractivity contribution is 7.90. The van der Waals surface area contributed by atoms with Crippen LogP contribution in [0.15, 0.2) is 18.2 Å². The molecule has 0 atom stereocenters. The van der Waals surface area contributed by atoms with Gasteiger partial charge < -0.3 is 15.5 Å². The van der Waals surface area contributed by atoms with Crippen LogP contribution in [-0.2, 0) is 16.3 Å². The number of hydrogen-bond acceptors (Lipinski definition) is 4. The van der Waals surface area contributed by atoms with Crippen LogP contribution in [-0.4, -0.2) is 46.6 Å². The van der Waals surface area contributed by atoms with E-state index in [9.17, 15) is 13.2 Å². The van der Waals surface area contributed by atoms with Crippen molar-refractivity contribution in [2.45, 2.75) is 19.3 Å². The third kappa shape index (κ3) is 3.96. The molecule has 1 aromatic carbocycles. The summed E-state index contributed by atoms with van der Waals surface area (Å²) in [7, 11) is -0.977. The number of carbonyl (C=O) groups excluding carboxylic acids is 1. The first kappa shape index (κ1) is 16.1. The van der Waals surface area contributed by atoms with E-state index in [2.05, 4.69) is 15.5 Å². The number of likely N-dealkylation sites (N-methyl/N-ethyl adjacent to an activating group) is 1. The molecule has 6 nitrogen and oxygen atoms in total. The molecule has 3 rings (SSSR count). The quantitative estimate of drug-likeness (QED) is 0.856. The molecular formula is C16H23N3O3S. The van der Waals surface area contributed by atoms with Gasteiger partial charge in [-0.15, -0.1) is 0 Å². The molecule has 1 saturated carbocycles. The van der Waals surface area contributed by atoms with Crippen LogP contribution in [0.5, 0.6) is 0 Å². The highest BCUT2D eigenvalue weighted by Crippen LogP contribution is 2.46. The summed E-state index contributed by atoms with van der Waals surface area (Å²) in [5.74, 6) is 0.143. The zero-order valence-electron chi connectivity index (χ0n) is 13.6. The number of benzene rings is 1. The summed E-state index contributed by atoms with van der Waals surface area (Å²) < 4.78 is 22.9. The zero-order valence-corrected chi connectivity index (χ0v) is 14.4. The van der Waals surface area contributed by atoms with Gasteiger partial charge >= 0.3 is 6.03 Å². The standard InChI is InChI=1S/C16H23N3O3S/c1-19-8-5-12-3-4-13(9-14(12)19)18-15(20)17-10-16(6-7-16)11-23(2,21)22/h3-4,9H,5-8,10-11H2,1-2H3,(H2,17,18,20). The minimum Gasteiger partial charge on any atom is -0.374 e. The van der Waals surface area contributed by atoms with Gasteiger partial charge in [0.15, 0.2) is 0 Å². The number of urea groups is 1. The Morgan fingerprint density at radius 1 is 1.35 bits per heavy atom. The minimum atomic E-state index is -3.02. The second-order valence-electron chi connectivity index (χ2n) is 6.89. The van der Waals surface area contributed by atoms with E-state index in [4.69, 9.17) is 0 Å². The summed E-state index contributed by atoms with van der Waals surface area (Å²) in [6.07, 6.45) is 3.98. The van der Waals surface area contributed by atoms with Crippen LogP contribution in [0.4, 0.5) is 16.2 Å². The van der Waals surface area contributed by atoms with Crippen LogP contribution >= 0.6 is 0 Å². The van der Waals surface area contributed by atoms with E-state index >= 15 is 0 Å². The van der Waals surface area contributed by atoms with Crippen LogP contribution in [0.25, 0.3) is 0 Å². The lowest BCUT2D eigenvalue weighted by Gasteiger charge is -2.16. The fourth-order valence-electron chi connectivity index (χ4n) is 3.17. The van der Waals surface area contributed by atoms with E-state index in [1.165, 1.54) is 11.8 Å². The summed E-state index contributed by atoms with van der Waals surface area (Å²) >= 11 is 0. The first-order valence-corrected chi connectivity index (χ1v) is 9.89. The predicted molar refractivity (Wildman–Crippen MR) is 91.8 cm³/mol. The maximum Gasteiger partial charge on any atom is 0.319 e. The fourth-order valence-corrected chi connectivity index (χ4v) is 4.67. The van der Waals surface area contributed by atoms with Crippen molar-refractivity contribution in [1.29, 1.82) is 0 Å². The molecule has 1 heterocycles. The predicted octanol–water partition coefficient (Wildman–Crippen LogP) is 1.63. The number of sulfone groups is 1. The van der Waals surface area contributed by atoms with Crippen LogP contribution in [0.2, 0.25) is 0 Å².